The van der Waals surface area contributed by atoms with Crippen LogP contribution in [-0.4, -0.2) is 0 Å². The second-order valence-corrected chi connectivity index (χ2v) is 18.4. The second kappa shape index (κ2) is 11.7. The lowest BCUT2D eigenvalue weighted by Gasteiger charge is -2.73. The van der Waals surface area contributed by atoms with E-state index in [-0.39, 0.29) is 21.7 Å². The number of unbranched alkanes of at least 4 members (excludes halogenated alkanes) is 1. The molecule has 0 N–H and O–H groups in total. The van der Waals surface area contributed by atoms with Gasteiger partial charge in [-0.1, -0.05) is 150 Å². The van der Waals surface area contributed by atoms with Gasteiger partial charge in [-0.25, -0.2) is 0 Å². The molecule has 0 amide bonds. The van der Waals surface area contributed by atoms with Crippen LogP contribution in [0.15, 0.2) is 35.4 Å². The van der Waals surface area contributed by atoms with E-state index in [1.807, 2.05) is 0 Å². The van der Waals surface area contributed by atoms with Gasteiger partial charge >= 0.3 is 0 Å². The van der Waals surface area contributed by atoms with Crippen LogP contribution >= 0.6 is 0 Å². The zero-order chi connectivity index (χ0) is 32.6. The molecule has 44 heavy (non-hydrogen) atoms. The fraction of sp³-hybridized carbons (Fsp3) is 0.773. The summed E-state index contributed by atoms with van der Waals surface area (Å²) in [7, 11) is 0. The summed E-state index contributed by atoms with van der Waals surface area (Å²) in [6.07, 6.45) is 14.2. The SMILES string of the molecule is C=C(C)C1=C(C)CC2(C)C(C)C3(C)C(C)c4ccc(C(C)(C)CCCCC5CCCCC5)c(C)c4C(C)C3C(C)C2(C)C1C. The highest BCUT2D eigenvalue weighted by Crippen LogP contribution is 2.77. The lowest BCUT2D eigenvalue weighted by Crippen LogP contribution is -2.67. The van der Waals surface area contributed by atoms with Crippen molar-refractivity contribution in [3.8, 4) is 0 Å². The zero-order valence-electron chi connectivity index (χ0n) is 31.5. The van der Waals surface area contributed by atoms with E-state index in [1.54, 1.807) is 33.4 Å². The fourth-order valence-electron chi connectivity index (χ4n) is 13.4. The Labute approximate surface area is 274 Å². The van der Waals surface area contributed by atoms with Gasteiger partial charge in [-0.15, -0.1) is 0 Å². The van der Waals surface area contributed by atoms with E-state index in [0.29, 0.717) is 35.5 Å². The van der Waals surface area contributed by atoms with Crippen LogP contribution in [-0.2, 0) is 5.41 Å². The number of hydrogen-bond donors (Lipinski definition) is 0. The third-order valence-electron chi connectivity index (χ3n) is 16.3. The third kappa shape index (κ3) is 4.79. The van der Waals surface area contributed by atoms with Crippen molar-refractivity contribution in [1.29, 1.82) is 0 Å². The Morgan fingerprint density at radius 1 is 0.909 bits per heavy atom. The van der Waals surface area contributed by atoms with E-state index in [9.17, 15) is 0 Å². The van der Waals surface area contributed by atoms with Crippen molar-refractivity contribution < 1.29 is 0 Å². The van der Waals surface area contributed by atoms with Crippen LogP contribution in [0.5, 0.6) is 0 Å². The maximum atomic E-state index is 4.50. The highest BCUT2D eigenvalue weighted by molar-refractivity contribution is 5.51. The zero-order valence-corrected chi connectivity index (χ0v) is 31.5. The molecule has 0 heteroatoms. The lowest BCUT2D eigenvalue weighted by atomic mass is 9.31. The van der Waals surface area contributed by atoms with Crippen LogP contribution in [0.1, 0.15) is 181 Å². The second-order valence-electron chi connectivity index (χ2n) is 18.4. The molecule has 0 saturated heterocycles. The van der Waals surface area contributed by atoms with E-state index in [4.69, 9.17) is 0 Å². The van der Waals surface area contributed by atoms with Crippen molar-refractivity contribution in [2.45, 2.75) is 171 Å². The molecule has 4 aliphatic carbocycles. The van der Waals surface area contributed by atoms with Crippen LogP contribution in [0, 0.1) is 52.8 Å². The predicted molar refractivity (Wildman–Crippen MR) is 194 cm³/mol. The molecule has 4 aliphatic rings. The fourth-order valence-corrected chi connectivity index (χ4v) is 13.4. The van der Waals surface area contributed by atoms with Gasteiger partial charge in [0.15, 0.2) is 0 Å². The Kier molecular flexibility index (Phi) is 9.09. The summed E-state index contributed by atoms with van der Waals surface area (Å²) in [5, 5.41) is 0. The molecule has 0 spiro atoms. The van der Waals surface area contributed by atoms with Crippen LogP contribution in [0.4, 0.5) is 0 Å². The monoisotopic (exact) mass is 599 g/mol. The summed E-state index contributed by atoms with van der Waals surface area (Å²) in [6, 6.07) is 5.17. The minimum absolute atomic E-state index is 0.224. The van der Waals surface area contributed by atoms with Crippen molar-refractivity contribution >= 4 is 0 Å². The van der Waals surface area contributed by atoms with Crippen LogP contribution in [0.3, 0.4) is 0 Å². The highest BCUT2D eigenvalue weighted by atomic mass is 14.7. The summed E-state index contributed by atoms with van der Waals surface area (Å²) >= 11 is 0. The summed E-state index contributed by atoms with van der Waals surface area (Å²) in [5.74, 6) is 4.60. The van der Waals surface area contributed by atoms with E-state index < -0.39 is 0 Å². The molecule has 0 bridgehead atoms. The van der Waals surface area contributed by atoms with Gasteiger partial charge in [0, 0.05) is 0 Å². The van der Waals surface area contributed by atoms with Gasteiger partial charge in [0.2, 0.25) is 0 Å². The summed E-state index contributed by atoms with van der Waals surface area (Å²) < 4.78 is 0. The van der Waals surface area contributed by atoms with Gasteiger partial charge in [-0.3, -0.25) is 0 Å². The van der Waals surface area contributed by atoms with Crippen molar-refractivity contribution in [2.24, 2.45) is 45.8 Å². The standard InChI is InChI=1S/C44H70/c1-27(2)38-28(3)26-42(12)34(9)43(13)31(6)36-23-24-37(41(10,11)25-19-18-22-35-20-16-15-17-21-35)29(4)39(36)30(5)40(43)33(8)44(42,14)32(38)7/h23-24,30-35,40H,1,15-22,25-26H2,2-14H3. The topological polar surface area (TPSA) is 0 Å². The van der Waals surface area contributed by atoms with Crippen LogP contribution in [0.2, 0.25) is 0 Å². The Morgan fingerprint density at radius 2 is 1.55 bits per heavy atom. The molecule has 0 radical (unpaired) electrons. The van der Waals surface area contributed by atoms with Gasteiger partial charge in [0.25, 0.3) is 0 Å². The Morgan fingerprint density at radius 3 is 2.16 bits per heavy atom. The molecule has 2 fully saturated rings. The lowest BCUT2D eigenvalue weighted by molar-refractivity contribution is -0.213. The normalized spacial score (nSPS) is 39.5. The van der Waals surface area contributed by atoms with Gasteiger partial charge < -0.3 is 0 Å². The Hall–Kier alpha value is -1.30. The number of hydrogen-bond acceptors (Lipinski definition) is 0. The minimum atomic E-state index is 0.224. The molecule has 246 valence electrons. The van der Waals surface area contributed by atoms with E-state index in [2.05, 4.69) is 109 Å². The summed E-state index contributed by atoms with van der Waals surface area (Å²) in [4.78, 5) is 0. The molecule has 5 rings (SSSR count). The molecule has 0 nitrogen and oxygen atoms in total. The molecule has 9 atom stereocenters. The molecule has 9 unspecified atom stereocenters. The molecule has 1 aromatic carbocycles. The van der Waals surface area contributed by atoms with Gasteiger partial charge in [0.05, 0.1) is 0 Å². The molecule has 0 aromatic heterocycles. The van der Waals surface area contributed by atoms with Crippen LogP contribution in [0.25, 0.3) is 0 Å². The van der Waals surface area contributed by atoms with Crippen molar-refractivity contribution in [3.05, 3.63) is 57.7 Å². The first-order chi connectivity index (χ1) is 20.5. The molecule has 0 aliphatic heterocycles. The average molecular weight is 599 g/mol. The maximum absolute atomic E-state index is 4.50. The van der Waals surface area contributed by atoms with Crippen LogP contribution < -0.4 is 0 Å². The van der Waals surface area contributed by atoms with Crippen molar-refractivity contribution in [2.75, 3.05) is 0 Å². The van der Waals surface area contributed by atoms with E-state index in [1.165, 1.54) is 69.8 Å². The predicted octanol–water partition coefficient (Wildman–Crippen LogP) is 13.5. The number of allylic oxidation sites excluding steroid dienone is 3. The third-order valence-corrected chi connectivity index (χ3v) is 16.3. The van der Waals surface area contributed by atoms with Gasteiger partial charge in [-0.05, 0) is 125 Å². The van der Waals surface area contributed by atoms with Gasteiger partial charge in [0.1, 0.15) is 0 Å². The Balaban J connectivity index is 1.50. The van der Waals surface area contributed by atoms with Gasteiger partial charge in [-0.2, -0.15) is 0 Å². The van der Waals surface area contributed by atoms with E-state index >= 15 is 0 Å². The maximum Gasteiger partial charge on any atom is -0.0101 e. The smallest absolute Gasteiger partial charge is 0.0101 e. The highest BCUT2D eigenvalue weighted by Gasteiger charge is 2.70. The first kappa shape index (κ1) is 34.0. The molecule has 1 aromatic rings. The molecule has 0 heterocycles. The number of rotatable bonds is 7. The molecular weight excluding hydrogens is 528 g/mol. The van der Waals surface area contributed by atoms with E-state index in [0.717, 1.165) is 5.92 Å². The molecule has 2 saturated carbocycles. The first-order valence-electron chi connectivity index (χ1n) is 19.0. The number of benzene rings is 1. The molecular formula is C44H70. The Bertz CT molecular complexity index is 1280. The average Bonchev–Trinajstić information content (AvgIpc) is 2.96. The quantitative estimate of drug-likeness (QED) is 0.274. The minimum Gasteiger partial charge on any atom is -0.0958 e. The van der Waals surface area contributed by atoms with Crippen molar-refractivity contribution in [3.63, 3.8) is 0 Å². The van der Waals surface area contributed by atoms with Crippen molar-refractivity contribution in [1.82, 2.24) is 0 Å². The first-order valence-corrected chi connectivity index (χ1v) is 19.0. The number of fused-ring (bicyclic) bond motifs is 3. The summed E-state index contributed by atoms with van der Waals surface area (Å²) in [5.41, 5.74) is 12.1. The summed E-state index contributed by atoms with van der Waals surface area (Å²) in [6.45, 7) is 38.0. The largest absolute Gasteiger partial charge is 0.0958 e.